The van der Waals surface area contributed by atoms with Crippen LogP contribution in [0.15, 0.2) is 0 Å². The van der Waals surface area contributed by atoms with Crippen LogP contribution < -0.4 is 0 Å². The van der Waals surface area contributed by atoms with Gasteiger partial charge >= 0.3 is 0 Å². The largest absolute Gasteiger partial charge is 0.394 e. The molecule has 3 heteroatoms. The third-order valence-corrected chi connectivity index (χ3v) is 1.91. The van der Waals surface area contributed by atoms with E-state index in [2.05, 4.69) is 6.92 Å². The van der Waals surface area contributed by atoms with Gasteiger partial charge in [0, 0.05) is 0 Å². The smallest absolute Gasteiger partial charge is 0.123 e. The van der Waals surface area contributed by atoms with Crippen LogP contribution in [0.4, 0.5) is 4.39 Å². The molecule has 0 heterocycles. The van der Waals surface area contributed by atoms with Gasteiger partial charge in [0.05, 0.1) is 19.8 Å². The van der Waals surface area contributed by atoms with E-state index in [9.17, 15) is 4.39 Å². The minimum absolute atomic E-state index is 0.0252. The van der Waals surface area contributed by atoms with Crippen molar-refractivity contribution in [1.82, 2.24) is 0 Å². The first-order chi connectivity index (χ1) is 6.31. The zero-order valence-electron chi connectivity index (χ0n) is 8.47. The normalized spacial score (nSPS) is 13.2. The Hall–Kier alpha value is -0.150. The van der Waals surface area contributed by atoms with Crippen LogP contribution in [0.2, 0.25) is 0 Å². The van der Waals surface area contributed by atoms with Crippen LogP contribution in [0.3, 0.4) is 0 Å². The molecule has 0 radical (unpaired) electrons. The Balaban J connectivity index is 3.05. The Kier molecular flexibility index (Phi) is 9.82. The van der Waals surface area contributed by atoms with Gasteiger partial charge in [-0.1, -0.05) is 32.6 Å². The lowest BCUT2D eigenvalue weighted by atomic mass is 10.1. The van der Waals surface area contributed by atoms with Crippen LogP contribution in [0.25, 0.3) is 0 Å². The average Bonchev–Trinajstić information content (AvgIpc) is 2.13. The van der Waals surface area contributed by atoms with Crippen LogP contribution in [0, 0.1) is 0 Å². The van der Waals surface area contributed by atoms with E-state index in [4.69, 9.17) is 9.84 Å². The molecule has 0 saturated heterocycles. The monoisotopic (exact) mass is 192 g/mol. The SMILES string of the molecule is CCCCCCC(F)COCCO. The molecule has 1 unspecified atom stereocenters. The average molecular weight is 192 g/mol. The molecule has 0 rings (SSSR count). The fourth-order valence-corrected chi connectivity index (χ4v) is 1.15. The number of ether oxygens (including phenoxy) is 1. The topological polar surface area (TPSA) is 29.5 Å². The predicted molar refractivity (Wildman–Crippen MR) is 51.6 cm³/mol. The Morgan fingerprint density at radius 2 is 2.08 bits per heavy atom. The summed E-state index contributed by atoms with van der Waals surface area (Å²) >= 11 is 0. The molecule has 0 aromatic carbocycles. The van der Waals surface area contributed by atoms with E-state index in [0.717, 1.165) is 12.8 Å². The number of aliphatic hydroxyl groups is 1. The van der Waals surface area contributed by atoms with E-state index in [-0.39, 0.29) is 19.8 Å². The molecule has 0 aromatic rings. The zero-order chi connectivity index (χ0) is 9.94. The zero-order valence-corrected chi connectivity index (χ0v) is 8.47. The summed E-state index contributed by atoms with van der Waals surface area (Å²) in [7, 11) is 0. The molecular formula is C10H21FO2. The number of hydrogen-bond donors (Lipinski definition) is 1. The number of hydrogen-bond acceptors (Lipinski definition) is 2. The molecule has 1 N–H and O–H groups in total. The van der Waals surface area contributed by atoms with Crippen molar-refractivity contribution in [2.75, 3.05) is 19.8 Å². The van der Waals surface area contributed by atoms with Gasteiger partial charge in [0.15, 0.2) is 0 Å². The second kappa shape index (κ2) is 9.93. The highest BCUT2D eigenvalue weighted by Gasteiger charge is 2.05. The summed E-state index contributed by atoms with van der Waals surface area (Å²) in [6, 6.07) is 0. The van der Waals surface area contributed by atoms with E-state index >= 15 is 0 Å². The highest BCUT2D eigenvalue weighted by Crippen LogP contribution is 2.08. The van der Waals surface area contributed by atoms with Gasteiger partial charge in [-0.3, -0.25) is 0 Å². The summed E-state index contributed by atoms with van der Waals surface area (Å²) in [6.07, 6.45) is 4.14. The van der Waals surface area contributed by atoms with E-state index in [1.54, 1.807) is 0 Å². The summed E-state index contributed by atoms with van der Waals surface area (Å²) in [5, 5.41) is 8.38. The lowest BCUT2D eigenvalue weighted by Gasteiger charge is -2.07. The molecule has 1 atom stereocenters. The lowest BCUT2D eigenvalue weighted by Crippen LogP contribution is -2.12. The minimum Gasteiger partial charge on any atom is -0.394 e. The van der Waals surface area contributed by atoms with Gasteiger partial charge in [-0.05, 0) is 6.42 Å². The minimum atomic E-state index is -0.858. The Labute approximate surface area is 80.1 Å². The fraction of sp³-hybridized carbons (Fsp3) is 1.00. The quantitative estimate of drug-likeness (QED) is 0.568. The molecule has 0 aliphatic rings. The van der Waals surface area contributed by atoms with Crippen LogP contribution in [0.5, 0.6) is 0 Å². The van der Waals surface area contributed by atoms with Gasteiger partial charge in [0.25, 0.3) is 0 Å². The predicted octanol–water partition coefficient (Wildman–Crippen LogP) is 2.30. The molecule has 0 aliphatic heterocycles. The van der Waals surface area contributed by atoms with Crippen LogP contribution in [-0.4, -0.2) is 31.1 Å². The van der Waals surface area contributed by atoms with Crippen molar-refractivity contribution in [2.24, 2.45) is 0 Å². The van der Waals surface area contributed by atoms with E-state index in [1.165, 1.54) is 12.8 Å². The number of halogens is 1. The van der Waals surface area contributed by atoms with Crippen molar-refractivity contribution in [3.05, 3.63) is 0 Å². The molecule has 0 fully saturated rings. The summed E-state index contributed by atoms with van der Waals surface area (Å²) in [5.74, 6) is 0. The highest BCUT2D eigenvalue weighted by atomic mass is 19.1. The first kappa shape index (κ1) is 12.8. The summed E-state index contributed by atoms with van der Waals surface area (Å²) in [4.78, 5) is 0. The molecule has 0 saturated carbocycles. The van der Waals surface area contributed by atoms with Gasteiger partial charge in [0.1, 0.15) is 6.17 Å². The second-order valence-corrected chi connectivity index (χ2v) is 3.25. The van der Waals surface area contributed by atoms with Gasteiger partial charge in [-0.2, -0.15) is 0 Å². The Morgan fingerprint density at radius 3 is 2.69 bits per heavy atom. The van der Waals surface area contributed by atoms with Crippen molar-refractivity contribution in [1.29, 1.82) is 0 Å². The molecule has 13 heavy (non-hydrogen) atoms. The number of aliphatic hydroxyl groups excluding tert-OH is 1. The van der Waals surface area contributed by atoms with Crippen LogP contribution in [0.1, 0.15) is 39.0 Å². The number of alkyl halides is 1. The maximum absolute atomic E-state index is 12.9. The molecule has 80 valence electrons. The van der Waals surface area contributed by atoms with Crippen molar-refractivity contribution in [3.8, 4) is 0 Å². The van der Waals surface area contributed by atoms with Gasteiger partial charge < -0.3 is 9.84 Å². The van der Waals surface area contributed by atoms with E-state index in [0.29, 0.717) is 6.42 Å². The molecule has 0 aliphatic carbocycles. The first-order valence-corrected chi connectivity index (χ1v) is 5.14. The Bertz CT molecular complexity index is 98.9. The molecule has 0 amide bonds. The van der Waals surface area contributed by atoms with Crippen LogP contribution in [-0.2, 0) is 4.74 Å². The number of unbranched alkanes of at least 4 members (excludes halogenated alkanes) is 3. The van der Waals surface area contributed by atoms with Gasteiger partial charge in [-0.25, -0.2) is 4.39 Å². The van der Waals surface area contributed by atoms with E-state index < -0.39 is 6.17 Å². The van der Waals surface area contributed by atoms with Crippen molar-refractivity contribution >= 4 is 0 Å². The van der Waals surface area contributed by atoms with Crippen molar-refractivity contribution in [3.63, 3.8) is 0 Å². The maximum atomic E-state index is 12.9. The van der Waals surface area contributed by atoms with Crippen molar-refractivity contribution in [2.45, 2.75) is 45.2 Å². The second-order valence-electron chi connectivity index (χ2n) is 3.25. The highest BCUT2D eigenvalue weighted by molar-refractivity contribution is 4.54. The fourth-order valence-electron chi connectivity index (χ4n) is 1.15. The molecule has 0 spiro atoms. The first-order valence-electron chi connectivity index (χ1n) is 5.14. The van der Waals surface area contributed by atoms with Gasteiger partial charge in [-0.15, -0.1) is 0 Å². The van der Waals surface area contributed by atoms with E-state index in [1.807, 2.05) is 0 Å². The molecule has 2 nitrogen and oxygen atoms in total. The number of rotatable bonds is 9. The summed E-state index contributed by atoms with van der Waals surface area (Å²) in [5.41, 5.74) is 0. The van der Waals surface area contributed by atoms with Crippen LogP contribution >= 0.6 is 0 Å². The summed E-state index contributed by atoms with van der Waals surface area (Å²) < 4.78 is 17.8. The van der Waals surface area contributed by atoms with Crippen molar-refractivity contribution < 1.29 is 14.2 Å². The molecular weight excluding hydrogens is 171 g/mol. The maximum Gasteiger partial charge on any atom is 0.123 e. The van der Waals surface area contributed by atoms with Gasteiger partial charge in [0.2, 0.25) is 0 Å². The molecule has 0 aromatic heterocycles. The molecule has 0 bridgehead atoms. The third-order valence-electron chi connectivity index (χ3n) is 1.91. The Morgan fingerprint density at radius 1 is 1.31 bits per heavy atom. The summed E-state index contributed by atoms with van der Waals surface area (Å²) in [6.45, 7) is 2.49. The standard InChI is InChI=1S/C10H21FO2/c1-2-3-4-5-6-10(11)9-13-8-7-12/h10,12H,2-9H2,1H3. The third kappa shape index (κ3) is 9.77. The lowest BCUT2D eigenvalue weighted by molar-refractivity contribution is 0.0518.